The number of carbonyl (C=O) groups excluding carboxylic acids is 1. The summed E-state index contributed by atoms with van der Waals surface area (Å²) in [7, 11) is 1.62. The fraction of sp³-hybridized carbons (Fsp3) is 0.385. The number of fused-ring (bicyclic) bond motifs is 1. The Balaban J connectivity index is 2.09. The summed E-state index contributed by atoms with van der Waals surface area (Å²) in [6, 6.07) is 5.16. The first-order valence-corrected chi connectivity index (χ1v) is 5.93. The van der Waals surface area contributed by atoms with Crippen LogP contribution < -0.4 is 10.2 Å². The molecule has 2 rings (SSSR count). The van der Waals surface area contributed by atoms with Gasteiger partial charge in [-0.2, -0.15) is 0 Å². The zero-order chi connectivity index (χ0) is 13.1. The Hall–Kier alpha value is -2.04. The van der Waals surface area contributed by atoms with Crippen molar-refractivity contribution in [1.29, 1.82) is 0 Å². The number of carboxylic acid groups (broad SMARTS) is 1. The number of hydrogen-bond acceptors (Lipinski definition) is 3. The van der Waals surface area contributed by atoms with E-state index in [0.717, 1.165) is 24.2 Å². The van der Waals surface area contributed by atoms with E-state index < -0.39 is 5.97 Å². The van der Waals surface area contributed by atoms with Gasteiger partial charge in [0.05, 0.1) is 5.56 Å². The van der Waals surface area contributed by atoms with E-state index in [1.165, 1.54) is 0 Å². The van der Waals surface area contributed by atoms with Crippen LogP contribution >= 0.6 is 0 Å². The number of amides is 1. The van der Waals surface area contributed by atoms with Crippen LogP contribution in [-0.2, 0) is 11.2 Å². The summed E-state index contributed by atoms with van der Waals surface area (Å²) in [5, 5.41) is 11.5. The van der Waals surface area contributed by atoms with Gasteiger partial charge in [0.1, 0.15) is 0 Å². The molecule has 2 N–H and O–H groups in total. The topological polar surface area (TPSA) is 69.6 Å². The molecular weight excluding hydrogens is 232 g/mol. The first-order valence-electron chi connectivity index (χ1n) is 5.93. The van der Waals surface area contributed by atoms with E-state index in [2.05, 4.69) is 10.2 Å². The van der Waals surface area contributed by atoms with Crippen LogP contribution in [0.5, 0.6) is 0 Å². The molecule has 0 bridgehead atoms. The fourth-order valence-corrected chi connectivity index (χ4v) is 2.20. The molecule has 0 radical (unpaired) electrons. The summed E-state index contributed by atoms with van der Waals surface area (Å²) in [5.41, 5.74) is 2.41. The molecule has 96 valence electrons. The van der Waals surface area contributed by atoms with Crippen LogP contribution in [0.1, 0.15) is 22.3 Å². The number of anilines is 1. The van der Waals surface area contributed by atoms with Gasteiger partial charge in [-0.15, -0.1) is 0 Å². The molecule has 0 aromatic heterocycles. The molecule has 0 fully saturated rings. The Kier molecular flexibility index (Phi) is 3.50. The zero-order valence-electron chi connectivity index (χ0n) is 10.3. The predicted molar refractivity (Wildman–Crippen MR) is 68.0 cm³/mol. The molecule has 0 saturated carbocycles. The summed E-state index contributed by atoms with van der Waals surface area (Å²) in [5.74, 6) is -0.882. The molecule has 1 amide bonds. The highest BCUT2D eigenvalue weighted by Gasteiger charge is 2.20. The number of aromatic carboxylic acids is 1. The van der Waals surface area contributed by atoms with Crippen molar-refractivity contribution in [1.82, 2.24) is 5.32 Å². The standard InChI is InChI=1S/C13H16N2O3/c1-14-12(16)5-7-15-6-4-9-8-10(13(17)18)2-3-11(9)15/h2-3,8H,4-7H2,1H3,(H,14,16)(H,17,18). The fourth-order valence-electron chi connectivity index (χ4n) is 2.20. The number of hydrogen-bond donors (Lipinski definition) is 2. The van der Waals surface area contributed by atoms with Crippen molar-refractivity contribution in [3.8, 4) is 0 Å². The molecule has 0 aliphatic carbocycles. The highest BCUT2D eigenvalue weighted by Crippen LogP contribution is 2.28. The van der Waals surface area contributed by atoms with Gasteiger partial charge >= 0.3 is 5.97 Å². The third kappa shape index (κ3) is 2.45. The second-order valence-electron chi connectivity index (χ2n) is 4.31. The van der Waals surface area contributed by atoms with Crippen molar-refractivity contribution in [3.63, 3.8) is 0 Å². The molecule has 5 heteroatoms. The molecule has 1 aromatic carbocycles. The molecule has 1 aliphatic heterocycles. The summed E-state index contributed by atoms with van der Waals surface area (Å²) in [6.45, 7) is 1.51. The highest BCUT2D eigenvalue weighted by molar-refractivity contribution is 5.89. The van der Waals surface area contributed by atoms with Gasteiger partial charge in [-0.25, -0.2) is 4.79 Å². The lowest BCUT2D eigenvalue weighted by Crippen LogP contribution is -2.27. The smallest absolute Gasteiger partial charge is 0.335 e. The molecule has 1 aromatic rings. The molecule has 0 saturated heterocycles. The first-order chi connectivity index (χ1) is 8.61. The van der Waals surface area contributed by atoms with Crippen LogP contribution in [0.3, 0.4) is 0 Å². The van der Waals surface area contributed by atoms with Crippen molar-refractivity contribution in [3.05, 3.63) is 29.3 Å². The molecule has 0 spiro atoms. The van der Waals surface area contributed by atoms with E-state index in [1.807, 2.05) is 6.07 Å². The quantitative estimate of drug-likeness (QED) is 0.830. The minimum absolute atomic E-state index is 0.0191. The number of carboxylic acids is 1. The predicted octanol–water partition coefficient (Wildman–Crippen LogP) is 0.883. The Labute approximate surface area is 105 Å². The van der Waals surface area contributed by atoms with Gasteiger partial charge in [0.15, 0.2) is 0 Å². The monoisotopic (exact) mass is 248 g/mol. The van der Waals surface area contributed by atoms with Crippen LogP contribution in [0.2, 0.25) is 0 Å². The Morgan fingerprint density at radius 2 is 2.22 bits per heavy atom. The van der Waals surface area contributed by atoms with Gasteiger partial charge in [0.25, 0.3) is 0 Å². The van der Waals surface area contributed by atoms with E-state index in [4.69, 9.17) is 5.11 Å². The first kappa shape index (κ1) is 12.4. The zero-order valence-corrected chi connectivity index (χ0v) is 10.3. The summed E-state index contributed by atoms with van der Waals surface area (Å²) in [4.78, 5) is 24.2. The van der Waals surface area contributed by atoms with Crippen LogP contribution in [0, 0.1) is 0 Å². The van der Waals surface area contributed by atoms with E-state index in [9.17, 15) is 9.59 Å². The SMILES string of the molecule is CNC(=O)CCN1CCc2cc(C(=O)O)ccc21. The summed E-state index contributed by atoms with van der Waals surface area (Å²) >= 11 is 0. The van der Waals surface area contributed by atoms with E-state index >= 15 is 0 Å². The molecule has 18 heavy (non-hydrogen) atoms. The molecular formula is C13H16N2O3. The molecule has 0 unspecified atom stereocenters. The minimum atomic E-state index is -0.901. The summed E-state index contributed by atoms with van der Waals surface area (Å²) in [6.07, 6.45) is 1.29. The molecule has 1 aliphatic rings. The van der Waals surface area contributed by atoms with Crippen molar-refractivity contribution in [2.75, 3.05) is 25.0 Å². The number of benzene rings is 1. The van der Waals surface area contributed by atoms with Crippen molar-refractivity contribution in [2.45, 2.75) is 12.8 Å². The van der Waals surface area contributed by atoms with Gasteiger partial charge in [-0.05, 0) is 30.2 Å². The van der Waals surface area contributed by atoms with Crippen molar-refractivity contribution < 1.29 is 14.7 Å². The Bertz CT molecular complexity index is 485. The van der Waals surface area contributed by atoms with E-state index in [1.54, 1.807) is 19.2 Å². The molecule has 0 atom stereocenters. The summed E-state index contributed by atoms with van der Waals surface area (Å²) < 4.78 is 0. The van der Waals surface area contributed by atoms with E-state index in [-0.39, 0.29) is 5.91 Å². The van der Waals surface area contributed by atoms with Gasteiger partial charge in [-0.1, -0.05) is 0 Å². The normalized spacial score (nSPS) is 13.3. The minimum Gasteiger partial charge on any atom is -0.478 e. The van der Waals surface area contributed by atoms with Crippen molar-refractivity contribution >= 4 is 17.6 Å². The van der Waals surface area contributed by atoms with Crippen LogP contribution in [0.25, 0.3) is 0 Å². The average molecular weight is 248 g/mol. The average Bonchev–Trinajstić information content (AvgIpc) is 2.78. The highest BCUT2D eigenvalue weighted by atomic mass is 16.4. The third-order valence-electron chi connectivity index (χ3n) is 3.21. The van der Waals surface area contributed by atoms with Crippen LogP contribution in [-0.4, -0.2) is 37.1 Å². The largest absolute Gasteiger partial charge is 0.478 e. The maximum Gasteiger partial charge on any atom is 0.335 e. The van der Waals surface area contributed by atoms with Gasteiger partial charge < -0.3 is 15.3 Å². The van der Waals surface area contributed by atoms with Crippen LogP contribution in [0.4, 0.5) is 5.69 Å². The number of nitrogens with one attached hydrogen (secondary N) is 1. The van der Waals surface area contributed by atoms with Crippen LogP contribution in [0.15, 0.2) is 18.2 Å². The number of rotatable bonds is 4. The number of carbonyl (C=O) groups is 2. The Morgan fingerprint density at radius 1 is 1.44 bits per heavy atom. The lowest BCUT2D eigenvalue weighted by molar-refractivity contribution is -0.120. The van der Waals surface area contributed by atoms with Gasteiger partial charge in [-0.3, -0.25) is 4.79 Å². The third-order valence-corrected chi connectivity index (χ3v) is 3.21. The molecule has 1 heterocycles. The second-order valence-corrected chi connectivity index (χ2v) is 4.31. The lowest BCUT2D eigenvalue weighted by Gasteiger charge is -2.18. The number of nitrogens with zero attached hydrogens (tertiary/aromatic N) is 1. The lowest BCUT2D eigenvalue weighted by atomic mass is 10.1. The van der Waals surface area contributed by atoms with Crippen molar-refractivity contribution in [2.24, 2.45) is 0 Å². The maximum absolute atomic E-state index is 11.2. The maximum atomic E-state index is 11.2. The second kappa shape index (κ2) is 5.08. The van der Waals surface area contributed by atoms with Gasteiger partial charge in [0.2, 0.25) is 5.91 Å². The Morgan fingerprint density at radius 3 is 2.89 bits per heavy atom. The van der Waals surface area contributed by atoms with Gasteiger partial charge in [0, 0.05) is 32.2 Å². The molecule has 5 nitrogen and oxygen atoms in total. The van der Waals surface area contributed by atoms with E-state index in [0.29, 0.717) is 18.5 Å².